The van der Waals surface area contributed by atoms with Crippen LogP contribution >= 0.6 is 15.9 Å². The molecule has 2 heterocycles. The SMILES string of the molecule is CNCC1CCCCN1S(=O)(=O)Nc1ccc(Br)c(C)n1. The van der Waals surface area contributed by atoms with E-state index < -0.39 is 10.2 Å². The first-order valence-corrected chi connectivity index (χ1v) is 9.24. The number of halogens is 1. The summed E-state index contributed by atoms with van der Waals surface area (Å²) in [5.74, 6) is 0.351. The molecule has 0 aliphatic carbocycles. The molecule has 1 unspecified atom stereocenters. The van der Waals surface area contributed by atoms with Gasteiger partial charge in [0.1, 0.15) is 5.82 Å². The van der Waals surface area contributed by atoms with Crippen molar-refractivity contribution in [2.75, 3.05) is 24.9 Å². The zero-order valence-corrected chi connectivity index (χ0v) is 14.7. The molecule has 1 saturated heterocycles. The van der Waals surface area contributed by atoms with E-state index in [-0.39, 0.29) is 6.04 Å². The molecule has 6 nitrogen and oxygen atoms in total. The van der Waals surface area contributed by atoms with Gasteiger partial charge in [0.15, 0.2) is 0 Å². The second-order valence-electron chi connectivity index (χ2n) is 5.19. The number of likely N-dealkylation sites (N-methyl/N-ethyl adjacent to an activating group) is 1. The number of aromatic nitrogens is 1. The third-order valence-electron chi connectivity index (χ3n) is 3.58. The molecule has 118 valence electrons. The molecule has 8 heteroatoms. The fourth-order valence-corrected chi connectivity index (χ4v) is 4.18. The highest BCUT2D eigenvalue weighted by Crippen LogP contribution is 2.22. The Labute approximate surface area is 134 Å². The van der Waals surface area contributed by atoms with Crippen LogP contribution in [0.5, 0.6) is 0 Å². The van der Waals surface area contributed by atoms with Crippen LogP contribution in [0.15, 0.2) is 16.6 Å². The van der Waals surface area contributed by atoms with Crippen molar-refractivity contribution in [2.24, 2.45) is 0 Å². The third-order valence-corrected chi connectivity index (χ3v) is 5.98. The van der Waals surface area contributed by atoms with E-state index >= 15 is 0 Å². The van der Waals surface area contributed by atoms with Crippen LogP contribution < -0.4 is 10.0 Å². The average Bonchev–Trinajstić information content (AvgIpc) is 2.43. The summed E-state index contributed by atoms with van der Waals surface area (Å²) in [5, 5.41) is 3.06. The van der Waals surface area contributed by atoms with Gasteiger partial charge in [0.2, 0.25) is 0 Å². The van der Waals surface area contributed by atoms with Crippen molar-refractivity contribution in [3.8, 4) is 0 Å². The largest absolute Gasteiger partial charge is 0.318 e. The van der Waals surface area contributed by atoms with Gasteiger partial charge in [-0.1, -0.05) is 6.42 Å². The number of anilines is 1. The molecule has 1 aromatic rings. The third kappa shape index (κ3) is 4.15. The summed E-state index contributed by atoms with van der Waals surface area (Å²) in [4.78, 5) is 4.24. The Balaban J connectivity index is 2.17. The molecule has 1 aliphatic rings. The summed E-state index contributed by atoms with van der Waals surface area (Å²) in [6, 6.07) is 3.45. The maximum atomic E-state index is 12.6. The molecule has 0 radical (unpaired) electrons. The Kier molecular flexibility index (Phi) is 5.59. The van der Waals surface area contributed by atoms with Crippen LogP contribution in [0.2, 0.25) is 0 Å². The Morgan fingerprint density at radius 2 is 2.19 bits per heavy atom. The molecular weight excluding hydrogens is 356 g/mol. The average molecular weight is 377 g/mol. The number of rotatable bonds is 5. The van der Waals surface area contributed by atoms with Crippen LogP contribution in [0.4, 0.5) is 5.82 Å². The predicted octanol–water partition coefficient (Wildman–Crippen LogP) is 1.88. The minimum atomic E-state index is -3.57. The standard InChI is InChI=1S/C13H21BrN4O2S/c1-10-12(14)6-7-13(16-10)17-21(19,20)18-8-4-3-5-11(18)9-15-2/h6-7,11,15H,3-5,8-9H2,1-2H3,(H,16,17). The molecule has 1 aliphatic heterocycles. The van der Waals surface area contributed by atoms with Crippen molar-refractivity contribution in [3.05, 3.63) is 22.3 Å². The minimum Gasteiger partial charge on any atom is -0.318 e. The number of aryl methyl sites for hydroxylation is 1. The van der Waals surface area contributed by atoms with Crippen molar-refractivity contribution < 1.29 is 8.42 Å². The van der Waals surface area contributed by atoms with Gasteiger partial charge in [-0.15, -0.1) is 0 Å². The van der Waals surface area contributed by atoms with E-state index in [2.05, 4.69) is 31.0 Å². The van der Waals surface area contributed by atoms with Crippen LogP contribution in [0, 0.1) is 6.92 Å². The predicted molar refractivity (Wildman–Crippen MR) is 87.5 cm³/mol. The monoisotopic (exact) mass is 376 g/mol. The molecule has 0 bridgehead atoms. The van der Waals surface area contributed by atoms with Crippen molar-refractivity contribution in [1.29, 1.82) is 0 Å². The summed E-state index contributed by atoms with van der Waals surface area (Å²) in [6.45, 7) is 3.04. The highest BCUT2D eigenvalue weighted by molar-refractivity contribution is 9.10. The molecule has 1 fully saturated rings. The van der Waals surface area contributed by atoms with Gasteiger partial charge in [0.25, 0.3) is 0 Å². The van der Waals surface area contributed by atoms with Gasteiger partial charge < -0.3 is 5.32 Å². The fourth-order valence-electron chi connectivity index (χ4n) is 2.52. The zero-order chi connectivity index (χ0) is 15.5. The first-order chi connectivity index (χ1) is 9.94. The molecule has 0 aromatic carbocycles. The molecule has 0 spiro atoms. The molecule has 2 rings (SSSR count). The van der Waals surface area contributed by atoms with Gasteiger partial charge in [-0.2, -0.15) is 12.7 Å². The first kappa shape index (κ1) is 16.7. The van der Waals surface area contributed by atoms with Gasteiger partial charge >= 0.3 is 10.2 Å². The van der Waals surface area contributed by atoms with Crippen molar-refractivity contribution in [1.82, 2.24) is 14.6 Å². The number of pyridine rings is 1. The molecular formula is C13H21BrN4O2S. The van der Waals surface area contributed by atoms with E-state index in [1.165, 1.54) is 0 Å². The lowest BCUT2D eigenvalue weighted by Crippen LogP contribution is -2.50. The first-order valence-electron chi connectivity index (χ1n) is 7.01. The zero-order valence-electron chi connectivity index (χ0n) is 12.3. The molecule has 0 amide bonds. The van der Waals surface area contributed by atoms with E-state index in [0.29, 0.717) is 18.9 Å². The Morgan fingerprint density at radius 3 is 2.86 bits per heavy atom. The van der Waals surface area contributed by atoms with Gasteiger partial charge in [0.05, 0.1) is 5.69 Å². The summed E-state index contributed by atoms with van der Waals surface area (Å²) in [7, 11) is -1.73. The summed E-state index contributed by atoms with van der Waals surface area (Å²) in [6.07, 6.45) is 2.84. The second kappa shape index (κ2) is 7.04. The van der Waals surface area contributed by atoms with Gasteiger partial charge in [0, 0.05) is 23.6 Å². The maximum absolute atomic E-state index is 12.6. The molecule has 1 atom stereocenters. The quantitative estimate of drug-likeness (QED) is 0.822. The van der Waals surface area contributed by atoms with Crippen LogP contribution in [-0.2, 0) is 10.2 Å². The Morgan fingerprint density at radius 1 is 1.43 bits per heavy atom. The highest BCUT2D eigenvalue weighted by Gasteiger charge is 2.32. The molecule has 0 saturated carbocycles. The van der Waals surface area contributed by atoms with Gasteiger partial charge in [-0.3, -0.25) is 4.72 Å². The normalized spacial score (nSPS) is 20.4. The van der Waals surface area contributed by atoms with E-state index in [1.54, 1.807) is 16.4 Å². The van der Waals surface area contributed by atoms with Crippen LogP contribution in [0.3, 0.4) is 0 Å². The second-order valence-corrected chi connectivity index (χ2v) is 7.67. The van der Waals surface area contributed by atoms with Crippen molar-refractivity contribution in [2.45, 2.75) is 32.2 Å². The van der Waals surface area contributed by atoms with Gasteiger partial charge in [-0.25, -0.2) is 4.98 Å². The van der Waals surface area contributed by atoms with Crippen molar-refractivity contribution >= 4 is 32.0 Å². The smallest absolute Gasteiger partial charge is 0.303 e. The number of nitrogens with zero attached hydrogens (tertiary/aromatic N) is 2. The molecule has 2 N–H and O–H groups in total. The fraction of sp³-hybridized carbons (Fsp3) is 0.615. The lowest BCUT2D eigenvalue weighted by atomic mass is 10.1. The lowest BCUT2D eigenvalue weighted by molar-refractivity contribution is 0.250. The van der Waals surface area contributed by atoms with E-state index in [1.807, 2.05) is 14.0 Å². The Hall–Kier alpha value is -0.700. The molecule has 1 aromatic heterocycles. The van der Waals surface area contributed by atoms with Gasteiger partial charge in [-0.05, 0) is 54.9 Å². The number of hydrogen-bond donors (Lipinski definition) is 2. The number of piperidine rings is 1. The maximum Gasteiger partial charge on any atom is 0.303 e. The summed E-state index contributed by atoms with van der Waals surface area (Å²) >= 11 is 3.36. The topological polar surface area (TPSA) is 74.3 Å². The van der Waals surface area contributed by atoms with E-state index in [4.69, 9.17) is 0 Å². The summed E-state index contributed by atoms with van der Waals surface area (Å²) in [5.41, 5.74) is 0.751. The lowest BCUT2D eigenvalue weighted by Gasteiger charge is -2.34. The number of nitrogens with one attached hydrogen (secondary N) is 2. The van der Waals surface area contributed by atoms with E-state index in [0.717, 1.165) is 29.4 Å². The summed E-state index contributed by atoms with van der Waals surface area (Å²) < 4.78 is 30.1. The Bertz CT molecular complexity index is 592. The van der Waals surface area contributed by atoms with Crippen LogP contribution in [-0.4, -0.2) is 43.9 Å². The van der Waals surface area contributed by atoms with Crippen LogP contribution in [0.25, 0.3) is 0 Å². The highest BCUT2D eigenvalue weighted by atomic mass is 79.9. The number of hydrogen-bond acceptors (Lipinski definition) is 4. The molecule has 21 heavy (non-hydrogen) atoms. The minimum absolute atomic E-state index is 0.00204. The van der Waals surface area contributed by atoms with Crippen LogP contribution in [0.1, 0.15) is 25.0 Å². The van der Waals surface area contributed by atoms with E-state index in [9.17, 15) is 8.42 Å². The van der Waals surface area contributed by atoms with Crippen molar-refractivity contribution in [3.63, 3.8) is 0 Å².